The smallest absolute Gasteiger partial charge is 0.134 e. The Morgan fingerprint density at radius 2 is 2.11 bits per heavy atom. The summed E-state index contributed by atoms with van der Waals surface area (Å²) in [6.45, 7) is 8.58. The predicted molar refractivity (Wildman–Crippen MR) is 89.5 cm³/mol. The Morgan fingerprint density at radius 1 is 1.32 bits per heavy atom. The van der Waals surface area contributed by atoms with Crippen molar-refractivity contribution in [2.75, 3.05) is 6.54 Å². The molecule has 2 nitrogen and oxygen atoms in total. The second-order valence-electron chi connectivity index (χ2n) is 5.42. The van der Waals surface area contributed by atoms with E-state index in [1.54, 1.807) is 0 Å². The second kappa shape index (κ2) is 6.75. The number of halogens is 1. The minimum Gasteiger partial charge on any atom is -0.459 e. The zero-order valence-electron chi connectivity index (χ0n) is 11.9. The maximum absolute atomic E-state index is 6.04. The molecule has 0 saturated carbocycles. The van der Waals surface area contributed by atoms with Gasteiger partial charge in [0.25, 0.3) is 0 Å². The van der Waals surface area contributed by atoms with Crippen LogP contribution in [0.15, 0.2) is 22.6 Å². The van der Waals surface area contributed by atoms with Gasteiger partial charge in [-0.1, -0.05) is 20.8 Å². The van der Waals surface area contributed by atoms with Crippen LogP contribution >= 0.6 is 22.6 Å². The van der Waals surface area contributed by atoms with Crippen molar-refractivity contribution in [1.82, 2.24) is 5.32 Å². The third kappa shape index (κ3) is 3.72. The Labute approximate surface area is 129 Å². The van der Waals surface area contributed by atoms with E-state index >= 15 is 0 Å². The van der Waals surface area contributed by atoms with Crippen LogP contribution in [0.4, 0.5) is 0 Å². The Balaban J connectivity index is 2.37. The van der Waals surface area contributed by atoms with Gasteiger partial charge in [0, 0.05) is 14.5 Å². The van der Waals surface area contributed by atoms with Crippen molar-refractivity contribution in [2.24, 2.45) is 5.92 Å². The molecule has 2 aromatic rings. The number of rotatable bonds is 6. The average Bonchev–Trinajstić information content (AvgIpc) is 2.67. The molecule has 0 aliphatic heterocycles. The van der Waals surface area contributed by atoms with Gasteiger partial charge in [0.1, 0.15) is 11.3 Å². The lowest BCUT2D eigenvalue weighted by Gasteiger charge is -2.07. The highest BCUT2D eigenvalue weighted by Gasteiger charge is 2.15. The lowest BCUT2D eigenvalue weighted by Crippen LogP contribution is -2.14. The molecule has 0 fully saturated rings. The maximum Gasteiger partial charge on any atom is 0.134 e. The number of fused-ring (bicyclic) bond motifs is 1. The molecule has 0 aliphatic carbocycles. The summed E-state index contributed by atoms with van der Waals surface area (Å²) < 4.78 is 7.30. The van der Waals surface area contributed by atoms with Crippen LogP contribution in [0.25, 0.3) is 11.0 Å². The van der Waals surface area contributed by atoms with Crippen LogP contribution in [0.1, 0.15) is 38.5 Å². The molecule has 104 valence electrons. The molecule has 0 aliphatic rings. The van der Waals surface area contributed by atoms with E-state index in [4.69, 9.17) is 4.42 Å². The Hall–Kier alpha value is -0.550. The minimum absolute atomic E-state index is 0.642. The zero-order chi connectivity index (χ0) is 13.8. The van der Waals surface area contributed by atoms with Crippen molar-refractivity contribution in [1.29, 1.82) is 0 Å². The first kappa shape index (κ1) is 14.9. The molecule has 3 heteroatoms. The Morgan fingerprint density at radius 3 is 2.79 bits per heavy atom. The van der Waals surface area contributed by atoms with E-state index in [-0.39, 0.29) is 0 Å². The van der Waals surface area contributed by atoms with Crippen LogP contribution in [-0.2, 0) is 13.0 Å². The van der Waals surface area contributed by atoms with Crippen molar-refractivity contribution in [2.45, 2.75) is 40.2 Å². The lowest BCUT2D eigenvalue weighted by atomic mass is 10.00. The number of hydrogen-bond donors (Lipinski definition) is 1. The summed E-state index contributed by atoms with van der Waals surface area (Å²) in [5.41, 5.74) is 2.40. The third-order valence-corrected chi connectivity index (χ3v) is 3.83. The molecule has 19 heavy (non-hydrogen) atoms. The topological polar surface area (TPSA) is 25.2 Å². The van der Waals surface area contributed by atoms with Gasteiger partial charge in [0.15, 0.2) is 0 Å². The lowest BCUT2D eigenvalue weighted by molar-refractivity contribution is 0.501. The third-order valence-electron chi connectivity index (χ3n) is 3.16. The predicted octanol–water partition coefficient (Wildman–Crippen LogP) is 4.74. The van der Waals surface area contributed by atoms with Gasteiger partial charge < -0.3 is 9.73 Å². The molecule has 0 radical (unpaired) electrons. The summed E-state index contributed by atoms with van der Waals surface area (Å²) in [5.74, 6) is 1.75. The van der Waals surface area contributed by atoms with Gasteiger partial charge in [0.2, 0.25) is 0 Å². The fraction of sp³-hybridized carbons (Fsp3) is 0.500. The highest BCUT2D eigenvalue weighted by atomic mass is 127. The molecule has 0 bridgehead atoms. The first-order chi connectivity index (χ1) is 9.11. The van der Waals surface area contributed by atoms with Crippen LogP contribution < -0.4 is 5.32 Å². The van der Waals surface area contributed by atoms with E-state index in [1.807, 2.05) is 0 Å². The number of hydrogen-bond acceptors (Lipinski definition) is 2. The zero-order valence-corrected chi connectivity index (χ0v) is 14.1. The van der Waals surface area contributed by atoms with E-state index in [2.05, 4.69) is 66.9 Å². The SMILES string of the molecule is CCCNCc1oc2ccc(I)cc2c1CC(C)C. The fourth-order valence-corrected chi connectivity index (χ4v) is 2.82. The molecule has 1 aromatic carbocycles. The van der Waals surface area contributed by atoms with Crippen molar-refractivity contribution < 1.29 is 4.42 Å². The Bertz CT molecular complexity index is 545. The van der Waals surface area contributed by atoms with Gasteiger partial charge >= 0.3 is 0 Å². The number of nitrogens with one attached hydrogen (secondary N) is 1. The molecule has 0 unspecified atom stereocenters. The second-order valence-corrected chi connectivity index (χ2v) is 6.66. The molecule has 1 N–H and O–H groups in total. The summed E-state index contributed by atoms with van der Waals surface area (Å²) in [7, 11) is 0. The van der Waals surface area contributed by atoms with E-state index in [1.165, 1.54) is 14.5 Å². The molecular formula is C16H22INO. The molecule has 0 amide bonds. The van der Waals surface area contributed by atoms with Gasteiger partial charge in [-0.25, -0.2) is 0 Å². The monoisotopic (exact) mass is 371 g/mol. The highest BCUT2D eigenvalue weighted by molar-refractivity contribution is 14.1. The van der Waals surface area contributed by atoms with Crippen molar-refractivity contribution >= 4 is 33.6 Å². The minimum atomic E-state index is 0.642. The van der Waals surface area contributed by atoms with E-state index in [9.17, 15) is 0 Å². The molecule has 0 saturated heterocycles. The largest absolute Gasteiger partial charge is 0.459 e. The van der Waals surface area contributed by atoms with Crippen LogP contribution in [0, 0.1) is 9.49 Å². The summed E-state index contributed by atoms with van der Waals surface area (Å²) in [4.78, 5) is 0. The molecule has 0 atom stereocenters. The highest BCUT2D eigenvalue weighted by Crippen LogP contribution is 2.29. The van der Waals surface area contributed by atoms with Gasteiger partial charge in [-0.05, 0) is 66.1 Å². The van der Waals surface area contributed by atoms with E-state index in [0.717, 1.165) is 37.3 Å². The molecule has 0 spiro atoms. The van der Waals surface area contributed by atoms with E-state index in [0.29, 0.717) is 5.92 Å². The number of furan rings is 1. The van der Waals surface area contributed by atoms with Crippen LogP contribution in [0.5, 0.6) is 0 Å². The number of benzene rings is 1. The fourth-order valence-electron chi connectivity index (χ4n) is 2.33. The summed E-state index contributed by atoms with van der Waals surface area (Å²) in [6.07, 6.45) is 2.23. The van der Waals surface area contributed by atoms with Crippen molar-refractivity contribution in [3.8, 4) is 0 Å². The van der Waals surface area contributed by atoms with Gasteiger partial charge in [-0.15, -0.1) is 0 Å². The molecule has 1 aromatic heterocycles. The maximum atomic E-state index is 6.04. The van der Waals surface area contributed by atoms with E-state index < -0.39 is 0 Å². The summed E-state index contributed by atoms with van der Waals surface area (Å²) in [5, 5.41) is 4.73. The average molecular weight is 371 g/mol. The van der Waals surface area contributed by atoms with Crippen LogP contribution in [0.2, 0.25) is 0 Å². The Kier molecular flexibility index (Phi) is 5.28. The van der Waals surface area contributed by atoms with Gasteiger partial charge in [-0.3, -0.25) is 0 Å². The van der Waals surface area contributed by atoms with Crippen LogP contribution in [-0.4, -0.2) is 6.54 Å². The van der Waals surface area contributed by atoms with Gasteiger partial charge in [-0.2, -0.15) is 0 Å². The van der Waals surface area contributed by atoms with Crippen LogP contribution in [0.3, 0.4) is 0 Å². The molecule has 2 rings (SSSR count). The first-order valence-electron chi connectivity index (χ1n) is 7.02. The standard InChI is InChI=1S/C16H22INO/c1-4-7-18-10-16-13(8-11(2)3)14-9-12(17)5-6-15(14)19-16/h5-6,9,11,18H,4,7-8,10H2,1-3H3. The van der Waals surface area contributed by atoms with Crippen molar-refractivity contribution in [3.05, 3.63) is 33.1 Å². The molecular weight excluding hydrogens is 349 g/mol. The van der Waals surface area contributed by atoms with Gasteiger partial charge in [0.05, 0.1) is 6.54 Å². The first-order valence-corrected chi connectivity index (χ1v) is 8.10. The van der Waals surface area contributed by atoms with Crippen molar-refractivity contribution in [3.63, 3.8) is 0 Å². The summed E-state index contributed by atoms with van der Waals surface area (Å²) >= 11 is 2.36. The normalized spacial score (nSPS) is 11.6. The molecule has 1 heterocycles. The quantitative estimate of drug-likeness (QED) is 0.586. The summed E-state index contributed by atoms with van der Waals surface area (Å²) in [6, 6.07) is 6.43.